The van der Waals surface area contributed by atoms with Crippen molar-refractivity contribution in [2.75, 3.05) is 7.11 Å². The summed E-state index contributed by atoms with van der Waals surface area (Å²) < 4.78 is 12.9. The van der Waals surface area contributed by atoms with Crippen molar-refractivity contribution in [3.05, 3.63) is 36.0 Å². The Labute approximate surface area is 150 Å². The molecule has 132 valence electrons. The number of ether oxygens (including phenoxy) is 1. The zero-order valence-electron chi connectivity index (χ0n) is 14.8. The van der Waals surface area contributed by atoms with Crippen LogP contribution in [-0.2, 0) is 13.0 Å². The summed E-state index contributed by atoms with van der Waals surface area (Å²) in [4.78, 5) is 4.40. The number of hydrogen-bond donors (Lipinski definition) is 0. The first-order valence-electron chi connectivity index (χ1n) is 8.23. The fourth-order valence-electron chi connectivity index (χ4n) is 2.47. The Hall–Kier alpha value is -2.35. The molecule has 0 radical (unpaired) electrons. The zero-order valence-corrected chi connectivity index (χ0v) is 15.6. The molecule has 1 atom stereocenters. The Kier molecular flexibility index (Phi) is 5.37. The van der Waals surface area contributed by atoms with Gasteiger partial charge in [-0.3, -0.25) is 0 Å². The van der Waals surface area contributed by atoms with Crippen LogP contribution < -0.4 is 4.74 Å². The number of thioether (sulfide) groups is 1. The number of hydrogen-bond acceptors (Lipinski definition) is 7. The molecule has 0 fully saturated rings. The van der Waals surface area contributed by atoms with E-state index >= 15 is 0 Å². The van der Waals surface area contributed by atoms with E-state index in [2.05, 4.69) is 31.8 Å². The summed E-state index contributed by atoms with van der Waals surface area (Å²) in [5, 5.41) is 13.5. The van der Waals surface area contributed by atoms with Crippen LogP contribution >= 0.6 is 11.8 Å². The summed E-state index contributed by atoms with van der Waals surface area (Å²) in [6.07, 6.45) is 0.754. The number of aromatic nitrogens is 5. The van der Waals surface area contributed by atoms with Gasteiger partial charge < -0.3 is 13.8 Å². The van der Waals surface area contributed by atoms with Crippen molar-refractivity contribution in [2.45, 2.75) is 44.1 Å². The average Bonchev–Trinajstić information content (AvgIpc) is 3.28. The molecule has 0 saturated carbocycles. The lowest BCUT2D eigenvalue weighted by atomic mass is 10.2. The van der Waals surface area contributed by atoms with Crippen molar-refractivity contribution in [2.24, 2.45) is 0 Å². The summed E-state index contributed by atoms with van der Waals surface area (Å²) >= 11 is 1.55. The predicted molar refractivity (Wildman–Crippen MR) is 95.6 cm³/mol. The second kappa shape index (κ2) is 7.69. The minimum Gasteiger partial charge on any atom is -0.496 e. The zero-order chi connectivity index (χ0) is 17.8. The molecule has 0 amide bonds. The second-order valence-corrected chi connectivity index (χ2v) is 6.72. The molecular formula is C17H21N5O2S. The van der Waals surface area contributed by atoms with Crippen molar-refractivity contribution >= 4 is 11.8 Å². The van der Waals surface area contributed by atoms with Crippen LogP contribution in [0.25, 0.3) is 11.4 Å². The van der Waals surface area contributed by atoms with E-state index in [0.29, 0.717) is 11.7 Å². The van der Waals surface area contributed by atoms with E-state index in [9.17, 15) is 0 Å². The maximum absolute atomic E-state index is 5.45. The second-order valence-electron chi connectivity index (χ2n) is 5.41. The number of methoxy groups -OCH3 is 1. The van der Waals surface area contributed by atoms with Gasteiger partial charge in [0.1, 0.15) is 5.75 Å². The Morgan fingerprint density at radius 3 is 2.72 bits per heavy atom. The lowest BCUT2D eigenvalue weighted by molar-refractivity contribution is 0.375. The van der Waals surface area contributed by atoms with Gasteiger partial charge in [-0.2, -0.15) is 4.98 Å². The standard InChI is InChI=1S/C17H21N5O2S/c1-5-14-18-16(24-21-14)11(3)25-17-20-19-15(22(17)6-2)12-9-7-8-10-13(12)23-4/h7-11H,5-6H2,1-4H3. The number of nitrogens with zero attached hydrogens (tertiary/aromatic N) is 5. The third-order valence-electron chi connectivity index (χ3n) is 3.81. The van der Waals surface area contributed by atoms with Crippen LogP contribution in [-0.4, -0.2) is 32.0 Å². The van der Waals surface area contributed by atoms with E-state index in [-0.39, 0.29) is 5.25 Å². The highest BCUT2D eigenvalue weighted by molar-refractivity contribution is 7.99. The maximum Gasteiger partial charge on any atom is 0.239 e. The van der Waals surface area contributed by atoms with Crippen LogP contribution in [0, 0.1) is 0 Å². The minimum atomic E-state index is -0.00665. The van der Waals surface area contributed by atoms with Gasteiger partial charge in [0.05, 0.1) is 17.9 Å². The highest BCUT2D eigenvalue weighted by atomic mass is 32.2. The number of rotatable bonds is 7. The van der Waals surface area contributed by atoms with E-state index in [0.717, 1.165) is 35.3 Å². The fourth-order valence-corrected chi connectivity index (χ4v) is 3.42. The first-order valence-corrected chi connectivity index (χ1v) is 9.11. The van der Waals surface area contributed by atoms with E-state index in [1.165, 1.54) is 0 Å². The van der Waals surface area contributed by atoms with Crippen LogP contribution in [0.2, 0.25) is 0 Å². The topological polar surface area (TPSA) is 78.9 Å². The molecule has 8 heteroatoms. The summed E-state index contributed by atoms with van der Waals surface area (Å²) in [7, 11) is 1.66. The molecule has 0 aliphatic heterocycles. The summed E-state index contributed by atoms with van der Waals surface area (Å²) in [5.74, 6) is 2.88. The Morgan fingerprint density at radius 1 is 1.24 bits per heavy atom. The average molecular weight is 359 g/mol. The molecule has 3 rings (SSSR count). The minimum absolute atomic E-state index is 0.00665. The summed E-state index contributed by atoms with van der Waals surface area (Å²) in [5.41, 5.74) is 0.921. The Balaban J connectivity index is 1.89. The molecule has 25 heavy (non-hydrogen) atoms. The molecule has 3 aromatic rings. The van der Waals surface area contributed by atoms with E-state index in [4.69, 9.17) is 9.26 Å². The lowest BCUT2D eigenvalue weighted by Crippen LogP contribution is -2.02. The molecule has 0 spiro atoms. The first-order chi connectivity index (χ1) is 12.2. The molecule has 0 N–H and O–H groups in total. The summed E-state index contributed by atoms with van der Waals surface area (Å²) in [6.45, 7) is 6.84. The van der Waals surface area contributed by atoms with Gasteiger partial charge >= 0.3 is 0 Å². The smallest absolute Gasteiger partial charge is 0.239 e. The molecule has 2 aromatic heterocycles. The third-order valence-corrected chi connectivity index (χ3v) is 4.88. The van der Waals surface area contributed by atoms with Gasteiger partial charge in [-0.1, -0.05) is 36.0 Å². The van der Waals surface area contributed by atoms with Crippen molar-refractivity contribution in [1.29, 1.82) is 0 Å². The van der Waals surface area contributed by atoms with Crippen molar-refractivity contribution < 1.29 is 9.26 Å². The van der Waals surface area contributed by atoms with Gasteiger partial charge in [0.25, 0.3) is 0 Å². The monoisotopic (exact) mass is 359 g/mol. The third kappa shape index (κ3) is 3.53. The van der Waals surface area contributed by atoms with Gasteiger partial charge in [0.2, 0.25) is 5.89 Å². The molecule has 0 aliphatic carbocycles. The Bertz CT molecular complexity index is 845. The number of aryl methyl sites for hydroxylation is 1. The van der Waals surface area contributed by atoms with Gasteiger partial charge in [-0.05, 0) is 26.0 Å². The largest absolute Gasteiger partial charge is 0.496 e. The molecule has 1 aromatic carbocycles. The molecule has 0 bridgehead atoms. The van der Waals surface area contributed by atoms with Crippen LogP contribution in [0.3, 0.4) is 0 Å². The highest BCUT2D eigenvalue weighted by Gasteiger charge is 2.21. The number of para-hydroxylation sites is 1. The Morgan fingerprint density at radius 2 is 2.04 bits per heavy atom. The number of benzene rings is 1. The van der Waals surface area contributed by atoms with Crippen molar-refractivity contribution in [3.8, 4) is 17.1 Å². The van der Waals surface area contributed by atoms with Gasteiger partial charge in [0.15, 0.2) is 16.8 Å². The lowest BCUT2D eigenvalue weighted by Gasteiger charge is -2.11. The van der Waals surface area contributed by atoms with Gasteiger partial charge in [-0.25, -0.2) is 0 Å². The van der Waals surface area contributed by atoms with Crippen LogP contribution in [0.5, 0.6) is 5.75 Å². The van der Waals surface area contributed by atoms with Gasteiger partial charge in [0, 0.05) is 13.0 Å². The fraction of sp³-hybridized carbons (Fsp3) is 0.412. The molecule has 7 nitrogen and oxygen atoms in total. The van der Waals surface area contributed by atoms with E-state index in [1.807, 2.05) is 38.1 Å². The quantitative estimate of drug-likeness (QED) is 0.594. The highest BCUT2D eigenvalue weighted by Crippen LogP contribution is 2.36. The maximum atomic E-state index is 5.45. The van der Waals surface area contributed by atoms with Crippen molar-refractivity contribution in [1.82, 2.24) is 24.9 Å². The first kappa shape index (κ1) is 17.5. The summed E-state index contributed by atoms with van der Waals surface area (Å²) in [6, 6.07) is 7.81. The molecule has 2 heterocycles. The van der Waals surface area contributed by atoms with Gasteiger partial charge in [-0.15, -0.1) is 10.2 Å². The van der Waals surface area contributed by atoms with E-state index < -0.39 is 0 Å². The normalized spacial score (nSPS) is 12.3. The SMILES string of the molecule is CCc1noc(C(C)Sc2nnc(-c3ccccc3OC)n2CC)n1. The van der Waals surface area contributed by atoms with Crippen LogP contribution in [0.4, 0.5) is 0 Å². The molecule has 1 unspecified atom stereocenters. The van der Waals surface area contributed by atoms with Crippen LogP contribution in [0.15, 0.2) is 33.9 Å². The van der Waals surface area contributed by atoms with Crippen LogP contribution in [0.1, 0.15) is 37.7 Å². The van der Waals surface area contributed by atoms with Crippen molar-refractivity contribution in [3.63, 3.8) is 0 Å². The molecule has 0 saturated heterocycles. The predicted octanol–water partition coefficient (Wildman–Crippen LogP) is 3.77. The molecular weight excluding hydrogens is 338 g/mol. The van der Waals surface area contributed by atoms with E-state index in [1.54, 1.807) is 18.9 Å². The molecule has 0 aliphatic rings.